The molecule has 0 fully saturated rings. The van der Waals surface area contributed by atoms with E-state index in [1.54, 1.807) is 0 Å². The molecule has 0 amide bonds. The molecular weight excluding hydrogens is 447 g/mol. The predicted octanol–water partition coefficient (Wildman–Crippen LogP) is 9.40. The van der Waals surface area contributed by atoms with Crippen molar-refractivity contribution in [1.82, 2.24) is 9.97 Å². The van der Waals surface area contributed by atoms with Crippen molar-refractivity contribution in [2.75, 3.05) is 6.61 Å². The first-order chi connectivity index (χ1) is 17.7. The van der Waals surface area contributed by atoms with Gasteiger partial charge in [0.15, 0.2) is 5.82 Å². The summed E-state index contributed by atoms with van der Waals surface area (Å²) in [5.41, 5.74) is 4.34. The molecule has 1 atom stereocenters. The van der Waals surface area contributed by atoms with Gasteiger partial charge in [0, 0.05) is 23.5 Å². The van der Waals surface area contributed by atoms with E-state index in [9.17, 15) is 4.39 Å². The molecule has 0 aliphatic carbocycles. The minimum Gasteiger partial charge on any atom is -0.491 e. The normalized spacial score (nSPS) is 12.0. The van der Waals surface area contributed by atoms with E-state index in [0.717, 1.165) is 41.8 Å². The Kier molecular flexibility index (Phi) is 12.4. The smallest absolute Gasteiger partial charge is 0.159 e. The summed E-state index contributed by atoms with van der Waals surface area (Å²) in [4.78, 5) is 9.13. The number of benzene rings is 2. The van der Waals surface area contributed by atoms with E-state index in [-0.39, 0.29) is 6.61 Å². The molecule has 3 rings (SSSR count). The first-order valence-corrected chi connectivity index (χ1v) is 14.0. The molecule has 4 heteroatoms. The highest BCUT2D eigenvalue weighted by atomic mass is 19.1. The van der Waals surface area contributed by atoms with Crippen molar-refractivity contribution in [3.8, 4) is 28.3 Å². The Morgan fingerprint density at radius 1 is 0.667 bits per heavy atom. The highest BCUT2D eigenvalue weighted by Crippen LogP contribution is 2.24. The van der Waals surface area contributed by atoms with Crippen molar-refractivity contribution in [3.05, 3.63) is 66.5 Å². The molecule has 0 aliphatic heterocycles. The van der Waals surface area contributed by atoms with Crippen molar-refractivity contribution >= 4 is 0 Å². The molecule has 0 radical (unpaired) electrons. The van der Waals surface area contributed by atoms with Gasteiger partial charge >= 0.3 is 0 Å². The highest BCUT2D eigenvalue weighted by Gasteiger charge is 2.08. The fourth-order valence-electron chi connectivity index (χ4n) is 4.34. The number of nitrogens with zero attached hydrogens (tertiary/aromatic N) is 2. The van der Waals surface area contributed by atoms with Crippen LogP contribution in [0.2, 0.25) is 0 Å². The van der Waals surface area contributed by atoms with Gasteiger partial charge in [0.1, 0.15) is 18.5 Å². The molecule has 0 spiro atoms. The first kappa shape index (κ1) is 27.8. The van der Waals surface area contributed by atoms with E-state index in [0.29, 0.717) is 12.2 Å². The average molecular weight is 491 g/mol. The van der Waals surface area contributed by atoms with E-state index in [2.05, 4.69) is 48.1 Å². The number of aromatic nitrogens is 2. The van der Waals surface area contributed by atoms with Crippen LogP contribution in [0.4, 0.5) is 4.39 Å². The predicted molar refractivity (Wildman–Crippen MR) is 149 cm³/mol. The molecule has 36 heavy (non-hydrogen) atoms. The number of ether oxygens (including phenoxy) is 1. The molecule has 3 nitrogen and oxygen atoms in total. The van der Waals surface area contributed by atoms with Crippen LogP contribution in [-0.2, 0) is 6.42 Å². The molecular formula is C32H43FN2O. The van der Waals surface area contributed by atoms with Crippen LogP contribution in [0.15, 0.2) is 60.9 Å². The number of unbranched alkanes of at least 4 members (excludes halogenated alkanes) is 8. The molecule has 2 aromatic carbocycles. The van der Waals surface area contributed by atoms with Gasteiger partial charge in [-0.25, -0.2) is 14.4 Å². The van der Waals surface area contributed by atoms with E-state index in [1.807, 2.05) is 36.7 Å². The van der Waals surface area contributed by atoms with Gasteiger partial charge in [0.25, 0.3) is 0 Å². The number of rotatable bonds is 17. The van der Waals surface area contributed by atoms with Crippen LogP contribution in [0.1, 0.15) is 90.0 Å². The number of hydrogen-bond donors (Lipinski definition) is 0. The highest BCUT2D eigenvalue weighted by molar-refractivity contribution is 5.64. The average Bonchev–Trinajstić information content (AvgIpc) is 2.93. The minimum atomic E-state index is -0.911. The summed E-state index contributed by atoms with van der Waals surface area (Å²) in [6, 6.07) is 16.3. The van der Waals surface area contributed by atoms with Gasteiger partial charge in [0.05, 0.1) is 0 Å². The van der Waals surface area contributed by atoms with Crippen LogP contribution < -0.4 is 4.74 Å². The van der Waals surface area contributed by atoms with E-state index in [4.69, 9.17) is 4.74 Å². The summed E-state index contributed by atoms with van der Waals surface area (Å²) in [6.45, 7) is 4.56. The van der Waals surface area contributed by atoms with Gasteiger partial charge in [-0.05, 0) is 42.5 Å². The molecule has 1 aromatic heterocycles. The topological polar surface area (TPSA) is 35.0 Å². The zero-order valence-corrected chi connectivity index (χ0v) is 22.2. The zero-order valence-electron chi connectivity index (χ0n) is 22.2. The maximum atomic E-state index is 14.2. The monoisotopic (exact) mass is 490 g/mol. The SMILES string of the molecule is CCCCCCCCCCC(F)COc1ccc(-c2cnc(-c3ccc(CCCC)cc3)nc2)cc1. The van der Waals surface area contributed by atoms with Gasteiger partial charge in [-0.1, -0.05) is 108 Å². The van der Waals surface area contributed by atoms with Crippen molar-refractivity contribution in [2.24, 2.45) is 0 Å². The fourth-order valence-corrected chi connectivity index (χ4v) is 4.34. The first-order valence-electron chi connectivity index (χ1n) is 14.0. The summed E-state index contributed by atoms with van der Waals surface area (Å²) in [5, 5.41) is 0. The molecule has 0 N–H and O–H groups in total. The second-order valence-corrected chi connectivity index (χ2v) is 9.79. The van der Waals surface area contributed by atoms with E-state index in [1.165, 1.54) is 56.9 Å². The standard InChI is InChI=1S/C32H43FN2O/c1-3-5-7-8-9-10-11-12-14-30(33)25-36-31-21-19-27(20-22-31)29-23-34-32(35-24-29)28-17-15-26(16-18-28)13-6-4-2/h15-24,30H,3-14,25H2,1-2H3. The molecule has 0 bridgehead atoms. The van der Waals surface area contributed by atoms with Gasteiger partial charge in [0.2, 0.25) is 0 Å². The van der Waals surface area contributed by atoms with Gasteiger partial charge in [-0.2, -0.15) is 0 Å². The summed E-state index contributed by atoms with van der Waals surface area (Å²) < 4.78 is 19.9. The van der Waals surface area contributed by atoms with E-state index >= 15 is 0 Å². The quantitative estimate of drug-likeness (QED) is 0.177. The largest absolute Gasteiger partial charge is 0.491 e. The van der Waals surface area contributed by atoms with Crippen LogP contribution in [0, 0.1) is 0 Å². The van der Waals surface area contributed by atoms with Crippen LogP contribution in [0.3, 0.4) is 0 Å². The number of alkyl halides is 1. The lowest BCUT2D eigenvalue weighted by atomic mass is 10.1. The van der Waals surface area contributed by atoms with Crippen molar-refractivity contribution in [2.45, 2.75) is 97.1 Å². The van der Waals surface area contributed by atoms with E-state index < -0.39 is 6.17 Å². The fraction of sp³-hybridized carbons (Fsp3) is 0.500. The minimum absolute atomic E-state index is 0.116. The van der Waals surface area contributed by atoms with Crippen molar-refractivity contribution in [3.63, 3.8) is 0 Å². The molecule has 0 saturated heterocycles. The summed E-state index contributed by atoms with van der Waals surface area (Å²) in [5.74, 6) is 1.42. The third-order valence-corrected chi connectivity index (χ3v) is 6.67. The second kappa shape index (κ2) is 16.1. The van der Waals surface area contributed by atoms with Crippen LogP contribution >= 0.6 is 0 Å². The summed E-state index contributed by atoms with van der Waals surface area (Å²) in [7, 11) is 0. The maximum Gasteiger partial charge on any atom is 0.159 e. The van der Waals surface area contributed by atoms with Crippen molar-refractivity contribution < 1.29 is 9.13 Å². The molecule has 1 unspecified atom stereocenters. The maximum absolute atomic E-state index is 14.2. The number of halogens is 1. The van der Waals surface area contributed by atoms with Crippen molar-refractivity contribution in [1.29, 1.82) is 0 Å². The molecule has 1 heterocycles. The Labute approximate surface area is 217 Å². The second-order valence-electron chi connectivity index (χ2n) is 9.79. The number of aryl methyl sites for hydroxylation is 1. The zero-order chi connectivity index (χ0) is 25.4. The molecule has 0 aliphatic rings. The van der Waals surface area contributed by atoms with Crippen LogP contribution in [0.5, 0.6) is 5.75 Å². The third kappa shape index (κ3) is 9.72. The van der Waals surface area contributed by atoms with Gasteiger partial charge < -0.3 is 4.74 Å². The van der Waals surface area contributed by atoms with Gasteiger partial charge in [-0.15, -0.1) is 0 Å². The Balaban J connectivity index is 1.40. The molecule has 194 valence electrons. The summed E-state index contributed by atoms with van der Waals surface area (Å²) >= 11 is 0. The lowest BCUT2D eigenvalue weighted by Crippen LogP contribution is -2.12. The van der Waals surface area contributed by atoms with Crippen LogP contribution in [-0.4, -0.2) is 22.7 Å². The third-order valence-electron chi connectivity index (χ3n) is 6.67. The van der Waals surface area contributed by atoms with Crippen LogP contribution in [0.25, 0.3) is 22.5 Å². The Hall–Kier alpha value is -2.75. The lowest BCUT2D eigenvalue weighted by Gasteiger charge is -2.11. The van der Waals surface area contributed by atoms with Gasteiger partial charge in [-0.3, -0.25) is 0 Å². The Bertz CT molecular complexity index is 971. The Morgan fingerprint density at radius 3 is 1.89 bits per heavy atom. The Morgan fingerprint density at radius 2 is 1.25 bits per heavy atom. The lowest BCUT2D eigenvalue weighted by molar-refractivity contribution is 0.184. The number of hydrogen-bond acceptors (Lipinski definition) is 3. The molecule has 0 saturated carbocycles. The molecule has 3 aromatic rings. The summed E-state index contributed by atoms with van der Waals surface area (Å²) in [6.07, 6.45) is 16.7.